The third-order valence-electron chi connectivity index (χ3n) is 3.17. The second-order valence-electron chi connectivity index (χ2n) is 4.53. The molecule has 6 heteroatoms. The fourth-order valence-corrected chi connectivity index (χ4v) is 2.24. The van der Waals surface area contributed by atoms with E-state index < -0.39 is 4.92 Å². The van der Waals surface area contributed by atoms with Crippen molar-refractivity contribution in [2.45, 2.75) is 13.5 Å². The maximum atomic E-state index is 10.9. The summed E-state index contributed by atoms with van der Waals surface area (Å²) in [5.41, 5.74) is 2.19. The highest BCUT2D eigenvalue weighted by Crippen LogP contribution is 2.28. The molecule has 0 aliphatic carbocycles. The predicted octanol–water partition coefficient (Wildman–Crippen LogP) is 4.18. The third-order valence-corrected chi connectivity index (χ3v) is 3.53. The second kappa shape index (κ2) is 6.45. The van der Waals surface area contributed by atoms with Gasteiger partial charge in [0.1, 0.15) is 5.75 Å². The van der Waals surface area contributed by atoms with Gasteiger partial charge in [-0.05, 0) is 25.1 Å². The smallest absolute Gasteiger partial charge is 0.274 e. The SMILES string of the molecule is COc1cccc(Cl)c1CNc1ccc(C)c([N+](=O)[O-])c1. The molecule has 0 saturated carbocycles. The van der Waals surface area contributed by atoms with Crippen molar-refractivity contribution in [3.05, 3.63) is 62.7 Å². The van der Waals surface area contributed by atoms with Crippen LogP contribution in [0.15, 0.2) is 36.4 Å². The summed E-state index contributed by atoms with van der Waals surface area (Å²) in [4.78, 5) is 10.5. The molecule has 21 heavy (non-hydrogen) atoms. The number of anilines is 1. The molecule has 0 aliphatic heterocycles. The van der Waals surface area contributed by atoms with E-state index in [1.165, 1.54) is 6.07 Å². The highest BCUT2D eigenvalue weighted by atomic mass is 35.5. The minimum atomic E-state index is -0.392. The van der Waals surface area contributed by atoms with Gasteiger partial charge in [0.2, 0.25) is 0 Å². The molecule has 2 aromatic carbocycles. The van der Waals surface area contributed by atoms with Crippen LogP contribution in [-0.2, 0) is 6.54 Å². The van der Waals surface area contributed by atoms with Crippen molar-refractivity contribution in [2.24, 2.45) is 0 Å². The van der Waals surface area contributed by atoms with Crippen molar-refractivity contribution in [1.29, 1.82) is 0 Å². The number of nitro benzene ring substituents is 1. The molecule has 0 unspecified atom stereocenters. The van der Waals surface area contributed by atoms with E-state index in [4.69, 9.17) is 16.3 Å². The number of hydrogen-bond donors (Lipinski definition) is 1. The summed E-state index contributed by atoms with van der Waals surface area (Å²) in [5.74, 6) is 0.677. The zero-order valence-electron chi connectivity index (χ0n) is 11.7. The Balaban J connectivity index is 2.21. The quantitative estimate of drug-likeness (QED) is 0.665. The van der Waals surface area contributed by atoms with Crippen molar-refractivity contribution < 1.29 is 9.66 Å². The van der Waals surface area contributed by atoms with E-state index in [9.17, 15) is 10.1 Å². The van der Waals surface area contributed by atoms with Crippen LogP contribution < -0.4 is 10.1 Å². The molecule has 0 amide bonds. The Kier molecular flexibility index (Phi) is 4.65. The number of nitrogens with one attached hydrogen (secondary N) is 1. The first-order chi connectivity index (χ1) is 10.0. The Labute approximate surface area is 127 Å². The Morgan fingerprint density at radius 1 is 1.33 bits per heavy atom. The molecule has 0 saturated heterocycles. The minimum Gasteiger partial charge on any atom is -0.496 e. The molecule has 2 rings (SSSR count). The third kappa shape index (κ3) is 3.44. The summed E-state index contributed by atoms with van der Waals surface area (Å²) in [6.07, 6.45) is 0. The van der Waals surface area contributed by atoms with Crippen molar-refractivity contribution in [2.75, 3.05) is 12.4 Å². The monoisotopic (exact) mass is 306 g/mol. The Morgan fingerprint density at radius 2 is 2.10 bits per heavy atom. The number of methoxy groups -OCH3 is 1. The number of hydrogen-bond acceptors (Lipinski definition) is 4. The summed E-state index contributed by atoms with van der Waals surface area (Å²) < 4.78 is 5.26. The van der Waals surface area contributed by atoms with E-state index >= 15 is 0 Å². The highest BCUT2D eigenvalue weighted by Gasteiger charge is 2.12. The van der Waals surface area contributed by atoms with Crippen LogP contribution in [-0.4, -0.2) is 12.0 Å². The van der Waals surface area contributed by atoms with Gasteiger partial charge in [0.25, 0.3) is 5.69 Å². The number of aryl methyl sites for hydroxylation is 1. The molecule has 110 valence electrons. The van der Waals surface area contributed by atoms with Crippen LogP contribution in [0.2, 0.25) is 5.02 Å². The average molecular weight is 307 g/mol. The van der Waals surface area contributed by atoms with Gasteiger partial charge >= 0.3 is 0 Å². The number of halogens is 1. The summed E-state index contributed by atoms with van der Waals surface area (Å²) in [7, 11) is 1.58. The van der Waals surface area contributed by atoms with E-state index in [1.54, 1.807) is 38.3 Å². The predicted molar refractivity (Wildman–Crippen MR) is 83.2 cm³/mol. The maximum absolute atomic E-state index is 10.9. The number of rotatable bonds is 5. The maximum Gasteiger partial charge on any atom is 0.274 e. The minimum absolute atomic E-state index is 0.0890. The van der Waals surface area contributed by atoms with Crippen molar-refractivity contribution >= 4 is 23.0 Å². The van der Waals surface area contributed by atoms with Gasteiger partial charge in [0.15, 0.2) is 0 Å². The molecule has 2 aromatic rings. The van der Waals surface area contributed by atoms with Gasteiger partial charge in [-0.1, -0.05) is 23.7 Å². The van der Waals surface area contributed by atoms with E-state index in [0.717, 1.165) is 5.56 Å². The lowest BCUT2D eigenvalue weighted by molar-refractivity contribution is -0.385. The van der Waals surface area contributed by atoms with Crippen LogP contribution in [0, 0.1) is 17.0 Å². The molecular formula is C15H15ClN2O3. The van der Waals surface area contributed by atoms with Crippen LogP contribution in [0.3, 0.4) is 0 Å². The second-order valence-corrected chi connectivity index (χ2v) is 4.94. The van der Waals surface area contributed by atoms with Crippen molar-refractivity contribution in [3.63, 3.8) is 0 Å². The molecule has 1 N–H and O–H groups in total. The summed E-state index contributed by atoms with van der Waals surface area (Å²) in [5, 5.41) is 14.7. The first kappa shape index (κ1) is 15.1. The van der Waals surface area contributed by atoms with Gasteiger partial charge in [0, 0.05) is 34.4 Å². The van der Waals surface area contributed by atoms with Crippen LogP contribution in [0.4, 0.5) is 11.4 Å². The van der Waals surface area contributed by atoms with Gasteiger partial charge in [-0.3, -0.25) is 10.1 Å². The Bertz CT molecular complexity index is 674. The summed E-state index contributed by atoms with van der Waals surface area (Å²) in [6.45, 7) is 2.13. The van der Waals surface area contributed by atoms with E-state index in [0.29, 0.717) is 28.6 Å². The average Bonchev–Trinajstić information content (AvgIpc) is 2.46. The first-order valence-corrected chi connectivity index (χ1v) is 6.71. The number of nitro groups is 1. The van der Waals surface area contributed by atoms with Crippen molar-refractivity contribution in [3.8, 4) is 5.75 Å². The fraction of sp³-hybridized carbons (Fsp3) is 0.200. The lowest BCUT2D eigenvalue weighted by atomic mass is 10.1. The molecule has 0 heterocycles. The standard InChI is InChI=1S/C15H15ClN2O3/c1-10-6-7-11(8-14(10)18(19)20)17-9-12-13(16)4-3-5-15(12)21-2/h3-8,17H,9H2,1-2H3. The zero-order valence-corrected chi connectivity index (χ0v) is 12.5. The van der Waals surface area contributed by atoms with Gasteiger partial charge in [-0.2, -0.15) is 0 Å². The lowest BCUT2D eigenvalue weighted by Crippen LogP contribution is -2.03. The molecule has 0 fully saturated rings. The van der Waals surface area contributed by atoms with Crippen LogP contribution >= 0.6 is 11.6 Å². The highest BCUT2D eigenvalue weighted by molar-refractivity contribution is 6.31. The van der Waals surface area contributed by atoms with Crippen LogP contribution in [0.25, 0.3) is 0 Å². The summed E-state index contributed by atoms with van der Waals surface area (Å²) in [6, 6.07) is 10.4. The van der Waals surface area contributed by atoms with Gasteiger partial charge < -0.3 is 10.1 Å². The lowest BCUT2D eigenvalue weighted by Gasteiger charge is -2.12. The van der Waals surface area contributed by atoms with E-state index in [1.807, 2.05) is 6.07 Å². The van der Waals surface area contributed by atoms with Gasteiger partial charge in [0.05, 0.1) is 12.0 Å². The Morgan fingerprint density at radius 3 is 2.76 bits per heavy atom. The number of benzene rings is 2. The molecule has 0 bridgehead atoms. The van der Waals surface area contributed by atoms with Crippen molar-refractivity contribution in [1.82, 2.24) is 0 Å². The largest absolute Gasteiger partial charge is 0.496 e. The van der Waals surface area contributed by atoms with Gasteiger partial charge in [-0.25, -0.2) is 0 Å². The normalized spacial score (nSPS) is 10.2. The van der Waals surface area contributed by atoms with Crippen LogP contribution in [0.5, 0.6) is 5.75 Å². The zero-order chi connectivity index (χ0) is 15.4. The number of ether oxygens (including phenoxy) is 1. The molecular weight excluding hydrogens is 292 g/mol. The molecule has 0 radical (unpaired) electrons. The van der Waals surface area contributed by atoms with Gasteiger partial charge in [-0.15, -0.1) is 0 Å². The molecule has 0 spiro atoms. The fourth-order valence-electron chi connectivity index (χ4n) is 2.01. The topological polar surface area (TPSA) is 64.4 Å². The Hall–Kier alpha value is -2.27. The van der Waals surface area contributed by atoms with Crippen LogP contribution in [0.1, 0.15) is 11.1 Å². The molecule has 5 nitrogen and oxygen atoms in total. The molecule has 0 aliphatic rings. The number of nitrogens with zero attached hydrogens (tertiary/aromatic N) is 1. The molecule has 0 aromatic heterocycles. The first-order valence-electron chi connectivity index (χ1n) is 6.33. The van der Waals surface area contributed by atoms with E-state index in [2.05, 4.69) is 5.32 Å². The summed E-state index contributed by atoms with van der Waals surface area (Å²) >= 11 is 6.15. The molecule has 0 atom stereocenters. The van der Waals surface area contributed by atoms with E-state index in [-0.39, 0.29) is 5.69 Å².